The highest BCUT2D eigenvalue weighted by molar-refractivity contribution is 5.96. The second-order valence-electron chi connectivity index (χ2n) is 5.51. The summed E-state index contributed by atoms with van der Waals surface area (Å²) < 4.78 is 0. The number of hydrogen-bond donors (Lipinski definition) is 1. The summed E-state index contributed by atoms with van der Waals surface area (Å²) >= 11 is 0. The van der Waals surface area contributed by atoms with E-state index in [2.05, 4.69) is 29.3 Å². The van der Waals surface area contributed by atoms with Gasteiger partial charge in [0, 0.05) is 37.9 Å². The minimum absolute atomic E-state index is 0.235. The first-order valence-electron chi connectivity index (χ1n) is 7.08. The van der Waals surface area contributed by atoms with E-state index in [1.807, 2.05) is 17.0 Å². The lowest BCUT2D eigenvalue weighted by atomic mass is 10.2. The van der Waals surface area contributed by atoms with Gasteiger partial charge in [-0.3, -0.25) is 9.69 Å². The zero-order valence-electron chi connectivity index (χ0n) is 11.4. The third-order valence-corrected chi connectivity index (χ3v) is 4.00. The zero-order chi connectivity index (χ0) is 13.2. The molecule has 1 aromatic rings. The average Bonchev–Trinajstić information content (AvgIpc) is 2.82. The molecule has 0 spiro atoms. The predicted octanol–water partition coefficient (Wildman–Crippen LogP) is 0.869. The Balaban J connectivity index is 1.65. The van der Waals surface area contributed by atoms with Crippen molar-refractivity contribution in [2.75, 3.05) is 37.6 Å². The van der Waals surface area contributed by atoms with Gasteiger partial charge in [-0.15, -0.1) is 0 Å². The highest BCUT2D eigenvalue weighted by Gasteiger charge is 2.26. The molecule has 4 heteroatoms. The van der Waals surface area contributed by atoms with Crippen molar-refractivity contribution in [1.29, 1.82) is 0 Å². The number of carbonyl (C=O) groups is 1. The van der Waals surface area contributed by atoms with Crippen LogP contribution >= 0.6 is 0 Å². The van der Waals surface area contributed by atoms with Crippen LogP contribution in [0.15, 0.2) is 24.3 Å². The highest BCUT2D eigenvalue weighted by Crippen LogP contribution is 2.27. The lowest BCUT2D eigenvalue weighted by molar-refractivity contribution is -0.119. The molecular formula is C15H21N3O. The SMILES string of the molecule is CC1CN(CC(=O)N2CCc3ccccc32)CCN1. The Morgan fingerprint density at radius 2 is 2.21 bits per heavy atom. The molecule has 3 rings (SSSR count). The van der Waals surface area contributed by atoms with E-state index in [4.69, 9.17) is 0 Å². The van der Waals surface area contributed by atoms with Crippen molar-refractivity contribution in [2.45, 2.75) is 19.4 Å². The number of nitrogens with one attached hydrogen (secondary N) is 1. The van der Waals surface area contributed by atoms with Gasteiger partial charge in [0.2, 0.25) is 5.91 Å². The number of piperazine rings is 1. The molecule has 0 aliphatic carbocycles. The fourth-order valence-electron chi connectivity index (χ4n) is 3.03. The molecule has 2 heterocycles. The van der Waals surface area contributed by atoms with E-state index >= 15 is 0 Å². The van der Waals surface area contributed by atoms with Gasteiger partial charge in [-0.1, -0.05) is 18.2 Å². The van der Waals surface area contributed by atoms with Crippen LogP contribution in [0, 0.1) is 0 Å². The van der Waals surface area contributed by atoms with Gasteiger partial charge in [-0.25, -0.2) is 0 Å². The number of benzene rings is 1. The topological polar surface area (TPSA) is 35.6 Å². The maximum atomic E-state index is 12.4. The zero-order valence-corrected chi connectivity index (χ0v) is 11.4. The Hall–Kier alpha value is -1.39. The second-order valence-corrected chi connectivity index (χ2v) is 5.51. The van der Waals surface area contributed by atoms with Crippen molar-refractivity contribution in [1.82, 2.24) is 10.2 Å². The van der Waals surface area contributed by atoms with Crippen molar-refractivity contribution in [2.24, 2.45) is 0 Å². The van der Waals surface area contributed by atoms with E-state index in [0.29, 0.717) is 12.6 Å². The summed E-state index contributed by atoms with van der Waals surface area (Å²) in [6.07, 6.45) is 0.986. The second kappa shape index (κ2) is 5.31. The number of carbonyl (C=O) groups excluding carboxylic acids is 1. The lowest BCUT2D eigenvalue weighted by Crippen LogP contribution is -2.52. The van der Waals surface area contributed by atoms with Crippen LogP contribution in [-0.4, -0.2) is 49.6 Å². The Bertz CT molecular complexity index is 474. The van der Waals surface area contributed by atoms with Crippen LogP contribution in [0.25, 0.3) is 0 Å². The fourth-order valence-corrected chi connectivity index (χ4v) is 3.03. The van der Waals surface area contributed by atoms with E-state index in [-0.39, 0.29) is 5.91 Å². The molecule has 0 radical (unpaired) electrons. The molecule has 19 heavy (non-hydrogen) atoms. The number of hydrogen-bond acceptors (Lipinski definition) is 3. The summed E-state index contributed by atoms with van der Waals surface area (Å²) in [6, 6.07) is 8.71. The molecule has 2 aliphatic rings. The van der Waals surface area contributed by atoms with E-state index in [9.17, 15) is 4.79 Å². The summed E-state index contributed by atoms with van der Waals surface area (Å²) in [7, 11) is 0. The van der Waals surface area contributed by atoms with Gasteiger partial charge < -0.3 is 10.2 Å². The van der Waals surface area contributed by atoms with Gasteiger partial charge >= 0.3 is 0 Å². The average molecular weight is 259 g/mol. The highest BCUT2D eigenvalue weighted by atomic mass is 16.2. The Morgan fingerprint density at radius 1 is 1.37 bits per heavy atom. The van der Waals surface area contributed by atoms with Crippen molar-refractivity contribution >= 4 is 11.6 Å². The predicted molar refractivity (Wildman–Crippen MR) is 76.4 cm³/mol. The van der Waals surface area contributed by atoms with Crippen LogP contribution < -0.4 is 10.2 Å². The molecule has 4 nitrogen and oxygen atoms in total. The van der Waals surface area contributed by atoms with Crippen LogP contribution in [0.1, 0.15) is 12.5 Å². The smallest absolute Gasteiger partial charge is 0.241 e. The maximum absolute atomic E-state index is 12.4. The molecule has 1 amide bonds. The number of para-hydroxylation sites is 1. The number of anilines is 1. The van der Waals surface area contributed by atoms with Crippen molar-refractivity contribution in [3.63, 3.8) is 0 Å². The van der Waals surface area contributed by atoms with Crippen molar-refractivity contribution in [3.05, 3.63) is 29.8 Å². The maximum Gasteiger partial charge on any atom is 0.241 e. The van der Waals surface area contributed by atoms with Gasteiger partial charge in [0.25, 0.3) is 0 Å². The van der Waals surface area contributed by atoms with Crippen LogP contribution in [0.4, 0.5) is 5.69 Å². The molecule has 102 valence electrons. The summed E-state index contributed by atoms with van der Waals surface area (Å²) in [5, 5.41) is 3.40. The lowest BCUT2D eigenvalue weighted by Gasteiger charge is -2.32. The largest absolute Gasteiger partial charge is 0.312 e. The van der Waals surface area contributed by atoms with Crippen molar-refractivity contribution in [3.8, 4) is 0 Å². The van der Waals surface area contributed by atoms with Gasteiger partial charge in [0.1, 0.15) is 0 Å². The molecule has 2 aliphatic heterocycles. The van der Waals surface area contributed by atoms with Crippen LogP contribution in [0.2, 0.25) is 0 Å². The molecule has 1 unspecified atom stereocenters. The quantitative estimate of drug-likeness (QED) is 0.856. The number of fused-ring (bicyclic) bond motifs is 1. The number of amides is 1. The summed E-state index contributed by atoms with van der Waals surface area (Å²) in [5.74, 6) is 0.235. The Kier molecular flexibility index (Phi) is 3.53. The fraction of sp³-hybridized carbons (Fsp3) is 0.533. The van der Waals surface area contributed by atoms with Gasteiger partial charge in [-0.05, 0) is 25.0 Å². The first kappa shape index (κ1) is 12.6. The molecule has 0 bridgehead atoms. The molecule has 0 aromatic heterocycles. The standard InChI is InChI=1S/C15H21N3O/c1-12-10-17(9-7-16-12)11-15(19)18-8-6-13-4-2-3-5-14(13)18/h2-5,12,16H,6-11H2,1H3. The number of rotatable bonds is 2. The van der Waals surface area contributed by atoms with Gasteiger partial charge in [0.05, 0.1) is 6.54 Å². The summed E-state index contributed by atoms with van der Waals surface area (Å²) in [5.41, 5.74) is 2.40. The molecule has 1 N–H and O–H groups in total. The van der Waals surface area contributed by atoms with Crippen LogP contribution in [-0.2, 0) is 11.2 Å². The number of nitrogens with zero attached hydrogens (tertiary/aromatic N) is 2. The first-order valence-corrected chi connectivity index (χ1v) is 7.08. The minimum Gasteiger partial charge on any atom is -0.312 e. The van der Waals surface area contributed by atoms with Gasteiger partial charge in [-0.2, -0.15) is 0 Å². The Morgan fingerprint density at radius 3 is 3.05 bits per heavy atom. The van der Waals surface area contributed by atoms with E-state index in [1.54, 1.807) is 0 Å². The van der Waals surface area contributed by atoms with Crippen molar-refractivity contribution < 1.29 is 4.79 Å². The molecule has 0 saturated carbocycles. The minimum atomic E-state index is 0.235. The molecular weight excluding hydrogens is 238 g/mol. The van der Waals surface area contributed by atoms with E-state index in [1.165, 1.54) is 5.56 Å². The van der Waals surface area contributed by atoms with E-state index < -0.39 is 0 Å². The van der Waals surface area contributed by atoms with Crippen LogP contribution in [0.5, 0.6) is 0 Å². The van der Waals surface area contributed by atoms with Gasteiger partial charge in [0.15, 0.2) is 0 Å². The third-order valence-electron chi connectivity index (χ3n) is 4.00. The Labute approximate surface area is 114 Å². The van der Waals surface area contributed by atoms with E-state index in [0.717, 1.165) is 38.3 Å². The van der Waals surface area contributed by atoms with Crippen LogP contribution in [0.3, 0.4) is 0 Å². The molecule has 1 atom stereocenters. The first-order chi connectivity index (χ1) is 9.24. The molecule has 1 saturated heterocycles. The molecule has 1 fully saturated rings. The third kappa shape index (κ3) is 2.65. The monoisotopic (exact) mass is 259 g/mol. The summed E-state index contributed by atoms with van der Waals surface area (Å²) in [4.78, 5) is 16.6. The molecule has 1 aromatic carbocycles. The summed E-state index contributed by atoms with van der Waals surface area (Å²) in [6.45, 7) is 6.44. The normalized spacial score (nSPS) is 23.4.